The number of nitrogens with zero attached hydrogens (tertiary/aromatic N) is 1. The van der Waals surface area contributed by atoms with Crippen molar-refractivity contribution >= 4 is 23.3 Å². The smallest absolute Gasteiger partial charge is 0.319 e. The highest BCUT2D eigenvalue weighted by Crippen LogP contribution is 1.99. The molecule has 1 rings (SSSR count). The van der Waals surface area contributed by atoms with Gasteiger partial charge in [-0.1, -0.05) is 0 Å². The van der Waals surface area contributed by atoms with Crippen LogP contribution in [0.15, 0.2) is 10.9 Å². The first-order valence-electron chi connectivity index (χ1n) is 2.69. The minimum atomic E-state index is -0.872. The Morgan fingerprint density at radius 3 is 2.82 bits per heavy atom. The van der Waals surface area contributed by atoms with Gasteiger partial charge in [0.2, 0.25) is 0 Å². The monoisotopic (exact) mass is 171 g/mol. The molecule has 1 aromatic rings. The van der Waals surface area contributed by atoms with E-state index in [1.165, 1.54) is 22.2 Å². The van der Waals surface area contributed by atoms with E-state index in [1.54, 1.807) is 0 Å². The number of amides is 3. The number of thiazole rings is 1. The zero-order chi connectivity index (χ0) is 8.27. The first-order valence-corrected chi connectivity index (χ1v) is 3.63. The van der Waals surface area contributed by atoms with E-state index < -0.39 is 11.9 Å². The molecule has 0 bridgehead atoms. The average molecular weight is 171 g/mol. The maximum absolute atomic E-state index is 10.8. The van der Waals surface area contributed by atoms with Gasteiger partial charge in [-0.2, -0.15) is 0 Å². The number of primary amides is 1. The van der Waals surface area contributed by atoms with Crippen molar-refractivity contribution in [1.82, 2.24) is 10.3 Å². The standard InChI is InChI=1S/C5H5N3O2S/c6-5(10)8-4(9)3-1-11-2-7-3/h1-2H,(H3,6,8,9,10). The van der Waals surface area contributed by atoms with E-state index in [9.17, 15) is 9.59 Å². The number of nitrogens with two attached hydrogens (primary N) is 1. The molecular weight excluding hydrogens is 166 g/mol. The lowest BCUT2D eigenvalue weighted by atomic mass is 10.5. The number of aromatic nitrogens is 1. The van der Waals surface area contributed by atoms with Gasteiger partial charge in [-0.3, -0.25) is 10.1 Å². The average Bonchev–Trinajstić information content (AvgIpc) is 2.35. The van der Waals surface area contributed by atoms with E-state index in [1.807, 2.05) is 5.32 Å². The highest BCUT2D eigenvalue weighted by atomic mass is 32.1. The molecule has 3 amide bonds. The highest BCUT2D eigenvalue weighted by molar-refractivity contribution is 7.07. The molecule has 0 saturated heterocycles. The van der Waals surface area contributed by atoms with Crippen molar-refractivity contribution in [3.63, 3.8) is 0 Å². The van der Waals surface area contributed by atoms with Crippen LogP contribution in [-0.4, -0.2) is 16.9 Å². The summed E-state index contributed by atoms with van der Waals surface area (Å²) in [6.45, 7) is 0. The third-order valence-electron chi connectivity index (χ3n) is 0.902. The number of carbonyl (C=O) groups is 2. The molecule has 1 aromatic heterocycles. The summed E-state index contributed by atoms with van der Waals surface area (Å²) in [6.07, 6.45) is 0. The maximum Gasteiger partial charge on any atom is 0.319 e. The Kier molecular flexibility index (Phi) is 2.17. The van der Waals surface area contributed by atoms with Crippen molar-refractivity contribution < 1.29 is 9.59 Å². The molecule has 0 fully saturated rings. The summed E-state index contributed by atoms with van der Waals surface area (Å²) in [7, 11) is 0. The number of hydrogen-bond acceptors (Lipinski definition) is 4. The predicted octanol–water partition coefficient (Wildman–Crippen LogP) is -0.0484. The van der Waals surface area contributed by atoms with Gasteiger partial charge in [-0.15, -0.1) is 11.3 Å². The fraction of sp³-hybridized carbons (Fsp3) is 0. The van der Waals surface area contributed by atoms with Crippen molar-refractivity contribution in [3.05, 3.63) is 16.6 Å². The van der Waals surface area contributed by atoms with Gasteiger partial charge >= 0.3 is 6.03 Å². The summed E-state index contributed by atoms with van der Waals surface area (Å²) in [5.41, 5.74) is 6.40. The second-order valence-electron chi connectivity index (χ2n) is 1.69. The molecule has 3 N–H and O–H groups in total. The van der Waals surface area contributed by atoms with E-state index in [0.717, 1.165) is 0 Å². The molecule has 0 aliphatic heterocycles. The van der Waals surface area contributed by atoms with Gasteiger partial charge in [0.15, 0.2) is 0 Å². The molecule has 0 saturated carbocycles. The number of carbonyl (C=O) groups excluding carboxylic acids is 2. The van der Waals surface area contributed by atoms with Crippen LogP contribution in [0, 0.1) is 0 Å². The van der Waals surface area contributed by atoms with E-state index in [4.69, 9.17) is 5.73 Å². The van der Waals surface area contributed by atoms with Crippen molar-refractivity contribution in [2.45, 2.75) is 0 Å². The molecule has 0 aromatic carbocycles. The molecule has 6 heteroatoms. The molecule has 0 unspecified atom stereocenters. The number of rotatable bonds is 1. The summed E-state index contributed by atoms with van der Waals surface area (Å²) in [5, 5.41) is 3.42. The minimum absolute atomic E-state index is 0.203. The Labute approximate surface area is 66.2 Å². The maximum atomic E-state index is 10.8. The molecule has 0 atom stereocenters. The number of imide groups is 1. The van der Waals surface area contributed by atoms with Crippen molar-refractivity contribution in [2.75, 3.05) is 0 Å². The van der Waals surface area contributed by atoms with Gasteiger partial charge in [0.25, 0.3) is 5.91 Å². The summed E-state index contributed by atoms with van der Waals surface area (Å²) in [5.74, 6) is -0.571. The Bertz CT molecular complexity index is 269. The molecule has 5 nitrogen and oxygen atoms in total. The van der Waals surface area contributed by atoms with Gasteiger partial charge in [0.1, 0.15) is 5.69 Å². The molecular formula is C5H5N3O2S. The van der Waals surface area contributed by atoms with Crippen LogP contribution in [0.25, 0.3) is 0 Å². The minimum Gasteiger partial charge on any atom is -0.351 e. The summed E-state index contributed by atoms with van der Waals surface area (Å²) >= 11 is 1.27. The van der Waals surface area contributed by atoms with Crippen LogP contribution in [0.1, 0.15) is 10.5 Å². The Morgan fingerprint density at radius 1 is 1.64 bits per heavy atom. The van der Waals surface area contributed by atoms with Gasteiger partial charge < -0.3 is 5.73 Å². The Morgan fingerprint density at radius 2 is 2.36 bits per heavy atom. The molecule has 11 heavy (non-hydrogen) atoms. The number of nitrogens with one attached hydrogen (secondary N) is 1. The topological polar surface area (TPSA) is 85.1 Å². The fourth-order valence-electron chi connectivity index (χ4n) is 0.501. The van der Waals surface area contributed by atoms with Gasteiger partial charge in [0, 0.05) is 5.38 Å². The molecule has 0 aliphatic carbocycles. The molecule has 1 heterocycles. The first kappa shape index (κ1) is 7.67. The lowest BCUT2D eigenvalue weighted by Crippen LogP contribution is -2.35. The van der Waals surface area contributed by atoms with E-state index in [0.29, 0.717) is 0 Å². The fourth-order valence-corrected chi connectivity index (χ4v) is 1.03. The number of hydrogen-bond donors (Lipinski definition) is 2. The third kappa shape index (κ3) is 2.01. The molecule has 0 radical (unpaired) electrons. The van der Waals surface area contributed by atoms with Gasteiger partial charge in [-0.25, -0.2) is 9.78 Å². The lowest BCUT2D eigenvalue weighted by molar-refractivity contribution is 0.0962. The zero-order valence-electron chi connectivity index (χ0n) is 5.40. The van der Waals surface area contributed by atoms with Crippen molar-refractivity contribution in [2.24, 2.45) is 5.73 Å². The van der Waals surface area contributed by atoms with Crippen LogP contribution in [0.4, 0.5) is 4.79 Å². The van der Waals surface area contributed by atoms with Crippen LogP contribution in [0.5, 0.6) is 0 Å². The van der Waals surface area contributed by atoms with E-state index in [2.05, 4.69) is 4.98 Å². The predicted molar refractivity (Wildman–Crippen MR) is 39.2 cm³/mol. The Balaban J connectivity index is 2.64. The summed E-state index contributed by atoms with van der Waals surface area (Å²) < 4.78 is 0. The zero-order valence-corrected chi connectivity index (χ0v) is 6.22. The van der Waals surface area contributed by atoms with Crippen LogP contribution in [-0.2, 0) is 0 Å². The second kappa shape index (κ2) is 3.11. The van der Waals surface area contributed by atoms with Crippen LogP contribution >= 0.6 is 11.3 Å². The lowest BCUT2D eigenvalue weighted by Gasteiger charge is -1.93. The van der Waals surface area contributed by atoms with E-state index in [-0.39, 0.29) is 5.69 Å². The van der Waals surface area contributed by atoms with Crippen molar-refractivity contribution in [1.29, 1.82) is 0 Å². The summed E-state index contributed by atoms with van der Waals surface area (Å²) in [6, 6.07) is -0.872. The van der Waals surface area contributed by atoms with Gasteiger partial charge in [-0.05, 0) is 0 Å². The van der Waals surface area contributed by atoms with Gasteiger partial charge in [0.05, 0.1) is 5.51 Å². The second-order valence-corrected chi connectivity index (χ2v) is 2.41. The quantitative estimate of drug-likeness (QED) is 0.621. The van der Waals surface area contributed by atoms with Crippen LogP contribution in [0.2, 0.25) is 0 Å². The molecule has 58 valence electrons. The molecule has 0 spiro atoms. The Hall–Kier alpha value is -1.43. The van der Waals surface area contributed by atoms with Crippen LogP contribution in [0.3, 0.4) is 0 Å². The SMILES string of the molecule is NC(=O)NC(=O)c1cscn1. The normalized spacial score (nSPS) is 9.09. The highest BCUT2D eigenvalue weighted by Gasteiger charge is 2.08. The molecule has 0 aliphatic rings. The van der Waals surface area contributed by atoms with Crippen LogP contribution < -0.4 is 11.1 Å². The largest absolute Gasteiger partial charge is 0.351 e. The van der Waals surface area contributed by atoms with Crippen molar-refractivity contribution in [3.8, 4) is 0 Å². The first-order chi connectivity index (χ1) is 5.20. The number of urea groups is 1. The third-order valence-corrected chi connectivity index (χ3v) is 1.49. The summed E-state index contributed by atoms with van der Waals surface area (Å²) in [4.78, 5) is 24.7. The van der Waals surface area contributed by atoms with E-state index >= 15 is 0 Å².